The molecule has 2 atom stereocenters. The second-order valence-corrected chi connectivity index (χ2v) is 10.0. The van der Waals surface area contributed by atoms with Gasteiger partial charge < -0.3 is 20.3 Å². The number of alkyl carbamates (subject to hydrolysis) is 1. The zero-order valence-corrected chi connectivity index (χ0v) is 21.6. The normalized spacial score (nSPS) is 13.3. The fourth-order valence-electron chi connectivity index (χ4n) is 3.64. The first-order valence-electron chi connectivity index (χ1n) is 11.5. The van der Waals surface area contributed by atoms with Crippen LogP contribution in [0.15, 0.2) is 30.9 Å². The lowest BCUT2D eigenvalue weighted by molar-refractivity contribution is -0.142. The van der Waals surface area contributed by atoms with Crippen molar-refractivity contribution in [1.29, 1.82) is 0 Å². The summed E-state index contributed by atoms with van der Waals surface area (Å²) in [7, 11) is 0. The van der Waals surface area contributed by atoms with Crippen LogP contribution in [0.3, 0.4) is 0 Å². The molecule has 0 aromatic heterocycles. The van der Waals surface area contributed by atoms with Gasteiger partial charge in [-0.05, 0) is 71.1 Å². The highest BCUT2D eigenvalue weighted by Crippen LogP contribution is 2.29. The molecule has 0 heterocycles. The number of nitrogens with one attached hydrogen (secondary N) is 2. The van der Waals surface area contributed by atoms with E-state index in [0.29, 0.717) is 0 Å². The molecule has 33 heavy (non-hydrogen) atoms. The van der Waals surface area contributed by atoms with Gasteiger partial charge in [0.25, 0.3) is 0 Å². The van der Waals surface area contributed by atoms with E-state index in [9.17, 15) is 14.4 Å². The first-order valence-corrected chi connectivity index (χ1v) is 11.5. The molecule has 1 aromatic carbocycles. The van der Waals surface area contributed by atoms with Crippen LogP contribution in [0, 0.1) is 19.8 Å². The molecule has 1 aromatic rings. The van der Waals surface area contributed by atoms with E-state index in [1.807, 2.05) is 59.7 Å². The minimum absolute atomic E-state index is 0.106. The maximum Gasteiger partial charge on any atom is 0.408 e. The predicted molar refractivity (Wildman–Crippen MR) is 132 cm³/mol. The van der Waals surface area contributed by atoms with Crippen LogP contribution in [0.2, 0.25) is 0 Å². The summed E-state index contributed by atoms with van der Waals surface area (Å²) < 4.78 is 5.37. The largest absolute Gasteiger partial charge is 0.444 e. The SMILES string of the molecule is C=CCN(C(=O)C(NC(=O)OC(C)(C)C)C(C)C)C(C(=O)NC(C)C)c1c(C)cccc1C. The van der Waals surface area contributed by atoms with Gasteiger partial charge in [0, 0.05) is 12.6 Å². The van der Waals surface area contributed by atoms with Crippen LogP contribution in [0.1, 0.15) is 71.2 Å². The smallest absolute Gasteiger partial charge is 0.408 e. The molecule has 7 nitrogen and oxygen atoms in total. The lowest BCUT2D eigenvalue weighted by Crippen LogP contribution is -2.55. The van der Waals surface area contributed by atoms with Gasteiger partial charge in [-0.1, -0.05) is 38.1 Å². The third-order valence-corrected chi connectivity index (χ3v) is 5.02. The van der Waals surface area contributed by atoms with Crippen LogP contribution in [-0.4, -0.2) is 47.0 Å². The van der Waals surface area contributed by atoms with Crippen molar-refractivity contribution in [1.82, 2.24) is 15.5 Å². The molecule has 2 unspecified atom stereocenters. The molecule has 1 rings (SSSR count). The molecule has 0 saturated carbocycles. The van der Waals surface area contributed by atoms with Crippen LogP contribution in [0.4, 0.5) is 4.79 Å². The van der Waals surface area contributed by atoms with Crippen molar-refractivity contribution < 1.29 is 19.1 Å². The molecular weight excluding hydrogens is 418 g/mol. The number of aryl methyl sites for hydroxylation is 2. The topological polar surface area (TPSA) is 87.7 Å². The Balaban J connectivity index is 3.51. The maximum absolute atomic E-state index is 13.8. The van der Waals surface area contributed by atoms with E-state index in [2.05, 4.69) is 17.2 Å². The van der Waals surface area contributed by atoms with Gasteiger partial charge in [-0.25, -0.2) is 4.79 Å². The van der Waals surface area contributed by atoms with E-state index < -0.39 is 23.8 Å². The monoisotopic (exact) mass is 459 g/mol. The third-order valence-electron chi connectivity index (χ3n) is 5.02. The quantitative estimate of drug-likeness (QED) is 0.535. The summed E-state index contributed by atoms with van der Waals surface area (Å²) in [5, 5.41) is 5.66. The van der Waals surface area contributed by atoms with Gasteiger partial charge >= 0.3 is 6.09 Å². The summed E-state index contributed by atoms with van der Waals surface area (Å²) in [5.74, 6) is -0.885. The van der Waals surface area contributed by atoms with Gasteiger partial charge in [0.1, 0.15) is 17.7 Å². The van der Waals surface area contributed by atoms with Gasteiger partial charge in [0.05, 0.1) is 0 Å². The summed E-state index contributed by atoms with van der Waals surface area (Å²) in [6.07, 6.45) is 0.912. The molecule has 0 aliphatic carbocycles. The molecule has 2 N–H and O–H groups in total. The fraction of sp³-hybridized carbons (Fsp3) is 0.577. The van der Waals surface area contributed by atoms with E-state index in [0.717, 1.165) is 16.7 Å². The zero-order chi connectivity index (χ0) is 25.5. The average molecular weight is 460 g/mol. The summed E-state index contributed by atoms with van der Waals surface area (Å²) in [4.78, 5) is 41.2. The Kier molecular flexibility index (Phi) is 10.1. The van der Waals surface area contributed by atoms with E-state index in [-0.39, 0.29) is 30.3 Å². The highest BCUT2D eigenvalue weighted by Gasteiger charge is 2.38. The number of hydrogen-bond donors (Lipinski definition) is 2. The summed E-state index contributed by atoms with van der Waals surface area (Å²) in [6.45, 7) is 20.5. The first-order chi connectivity index (χ1) is 15.2. The van der Waals surface area contributed by atoms with Crippen molar-refractivity contribution in [2.45, 2.75) is 86.0 Å². The summed E-state index contributed by atoms with van der Waals surface area (Å²) in [6, 6.07) is 3.91. The second kappa shape index (κ2) is 11.9. The number of nitrogens with zero attached hydrogens (tertiary/aromatic N) is 1. The molecule has 7 heteroatoms. The molecule has 0 aliphatic rings. The summed E-state index contributed by atoms with van der Waals surface area (Å²) >= 11 is 0. The molecule has 0 radical (unpaired) electrons. The number of hydrogen-bond acceptors (Lipinski definition) is 4. The van der Waals surface area contributed by atoms with Gasteiger partial charge in [-0.2, -0.15) is 0 Å². The predicted octanol–water partition coefficient (Wildman–Crippen LogP) is 4.43. The Bertz CT molecular complexity index is 835. The number of rotatable bonds is 9. The molecule has 0 fully saturated rings. The highest BCUT2D eigenvalue weighted by atomic mass is 16.6. The van der Waals surface area contributed by atoms with Crippen LogP contribution in [0.25, 0.3) is 0 Å². The van der Waals surface area contributed by atoms with Crippen molar-refractivity contribution in [3.8, 4) is 0 Å². The molecule has 3 amide bonds. The Hall–Kier alpha value is -2.83. The van der Waals surface area contributed by atoms with Gasteiger partial charge in [-0.3, -0.25) is 9.59 Å². The Morgan fingerprint density at radius 2 is 1.61 bits per heavy atom. The minimum atomic E-state index is -0.876. The molecule has 0 aliphatic heterocycles. The Morgan fingerprint density at radius 1 is 1.06 bits per heavy atom. The third kappa shape index (κ3) is 8.22. The number of amides is 3. The van der Waals surface area contributed by atoms with Crippen LogP contribution in [0.5, 0.6) is 0 Å². The van der Waals surface area contributed by atoms with E-state index >= 15 is 0 Å². The van der Waals surface area contributed by atoms with Crippen LogP contribution < -0.4 is 10.6 Å². The van der Waals surface area contributed by atoms with Crippen molar-refractivity contribution in [3.05, 3.63) is 47.5 Å². The van der Waals surface area contributed by atoms with Crippen LogP contribution in [-0.2, 0) is 14.3 Å². The van der Waals surface area contributed by atoms with E-state index in [1.165, 1.54) is 4.90 Å². The van der Waals surface area contributed by atoms with Crippen molar-refractivity contribution in [2.24, 2.45) is 5.92 Å². The fourth-order valence-corrected chi connectivity index (χ4v) is 3.64. The minimum Gasteiger partial charge on any atom is -0.444 e. The Labute approximate surface area is 198 Å². The number of carbonyl (C=O) groups excluding carboxylic acids is 3. The number of benzene rings is 1. The van der Waals surface area contributed by atoms with Crippen molar-refractivity contribution >= 4 is 17.9 Å². The van der Waals surface area contributed by atoms with E-state index in [4.69, 9.17) is 4.74 Å². The first kappa shape index (κ1) is 28.2. The number of ether oxygens (including phenoxy) is 1. The summed E-state index contributed by atoms with van der Waals surface area (Å²) in [5.41, 5.74) is 1.88. The van der Waals surface area contributed by atoms with E-state index in [1.54, 1.807) is 26.8 Å². The van der Waals surface area contributed by atoms with Crippen molar-refractivity contribution in [3.63, 3.8) is 0 Å². The standard InChI is InChI=1S/C26H41N3O4/c1-11-15-29(24(31)21(16(2)3)28-25(32)33-26(8,9)10)22(23(30)27-17(4)5)20-18(6)13-12-14-19(20)7/h11-14,16-17,21-22H,1,15H2,2-10H3,(H,27,30)(H,28,32). The maximum atomic E-state index is 13.8. The van der Waals surface area contributed by atoms with Gasteiger partial charge in [0.2, 0.25) is 11.8 Å². The molecule has 0 spiro atoms. The van der Waals surface area contributed by atoms with Crippen LogP contribution >= 0.6 is 0 Å². The number of carbonyl (C=O) groups is 3. The van der Waals surface area contributed by atoms with Crippen molar-refractivity contribution in [2.75, 3.05) is 6.54 Å². The Morgan fingerprint density at radius 3 is 2.03 bits per heavy atom. The lowest BCUT2D eigenvalue weighted by Gasteiger charge is -2.36. The molecule has 0 bridgehead atoms. The zero-order valence-electron chi connectivity index (χ0n) is 21.6. The molecular formula is C26H41N3O4. The molecule has 184 valence electrons. The molecule has 0 saturated heterocycles. The average Bonchev–Trinajstić information content (AvgIpc) is 2.65. The van der Waals surface area contributed by atoms with Gasteiger partial charge in [-0.15, -0.1) is 6.58 Å². The van der Waals surface area contributed by atoms with Gasteiger partial charge in [0.15, 0.2) is 0 Å². The second-order valence-electron chi connectivity index (χ2n) is 10.0. The highest BCUT2D eigenvalue weighted by molar-refractivity contribution is 5.93. The lowest BCUT2D eigenvalue weighted by atomic mass is 9.92.